The molecule has 0 radical (unpaired) electrons. The van der Waals surface area contributed by atoms with Gasteiger partial charge in [0.15, 0.2) is 0 Å². The minimum Gasteiger partial charge on any atom is -0.369 e. The first-order valence-corrected chi connectivity index (χ1v) is 7.65. The molecule has 0 aliphatic carbocycles. The van der Waals surface area contributed by atoms with E-state index in [0.29, 0.717) is 22.3 Å². The first-order valence-electron chi connectivity index (χ1n) is 7.65. The van der Waals surface area contributed by atoms with E-state index in [0.717, 1.165) is 0 Å². The molecule has 8 nitrogen and oxygen atoms in total. The van der Waals surface area contributed by atoms with E-state index in [9.17, 15) is 9.59 Å². The SMILES string of the molecule is CN(C)C(=O)NCc1cc(C(=O)n2c(N)nc3ccccc32)ccn1. The van der Waals surface area contributed by atoms with Gasteiger partial charge in [-0.3, -0.25) is 9.78 Å². The number of anilines is 1. The molecule has 3 aromatic rings. The van der Waals surface area contributed by atoms with Crippen molar-refractivity contribution in [2.24, 2.45) is 0 Å². The zero-order chi connectivity index (χ0) is 18.0. The number of imidazole rings is 1. The third-order valence-electron chi connectivity index (χ3n) is 3.68. The Bertz CT molecular complexity index is 947. The summed E-state index contributed by atoms with van der Waals surface area (Å²) in [5, 5.41) is 2.71. The van der Waals surface area contributed by atoms with Crippen molar-refractivity contribution in [3.8, 4) is 0 Å². The van der Waals surface area contributed by atoms with Gasteiger partial charge in [0.1, 0.15) is 0 Å². The largest absolute Gasteiger partial charge is 0.369 e. The summed E-state index contributed by atoms with van der Waals surface area (Å²) in [5.41, 5.74) is 8.20. The van der Waals surface area contributed by atoms with Crippen molar-refractivity contribution in [3.63, 3.8) is 0 Å². The van der Waals surface area contributed by atoms with Gasteiger partial charge in [0.25, 0.3) is 5.91 Å². The molecule has 0 aliphatic heterocycles. The third-order valence-corrected chi connectivity index (χ3v) is 3.68. The third kappa shape index (κ3) is 3.27. The fraction of sp³-hybridized carbons (Fsp3) is 0.176. The van der Waals surface area contributed by atoms with Crippen LogP contribution in [-0.2, 0) is 6.54 Å². The molecular weight excluding hydrogens is 320 g/mol. The number of amides is 2. The maximum absolute atomic E-state index is 12.9. The van der Waals surface area contributed by atoms with Crippen molar-refractivity contribution in [2.75, 3.05) is 19.8 Å². The lowest BCUT2D eigenvalue weighted by atomic mass is 10.2. The average Bonchev–Trinajstić information content (AvgIpc) is 2.94. The normalized spacial score (nSPS) is 10.6. The topological polar surface area (TPSA) is 106 Å². The van der Waals surface area contributed by atoms with E-state index in [4.69, 9.17) is 5.73 Å². The number of benzene rings is 1. The summed E-state index contributed by atoms with van der Waals surface area (Å²) in [6.07, 6.45) is 1.53. The van der Waals surface area contributed by atoms with Crippen molar-refractivity contribution < 1.29 is 9.59 Å². The number of nitrogens with two attached hydrogens (primary N) is 1. The van der Waals surface area contributed by atoms with Crippen molar-refractivity contribution in [1.82, 2.24) is 24.8 Å². The quantitative estimate of drug-likeness (QED) is 0.752. The van der Waals surface area contributed by atoms with Crippen molar-refractivity contribution in [1.29, 1.82) is 0 Å². The molecule has 0 saturated heterocycles. The molecule has 8 heteroatoms. The number of para-hydroxylation sites is 2. The molecule has 3 rings (SSSR count). The number of fused-ring (bicyclic) bond motifs is 1. The van der Waals surface area contributed by atoms with Gasteiger partial charge in [-0.05, 0) is 24.3 Å². The van der Waals surface area contributed by atoms with Crippen molar-refractivity contribution in [2.45, 2.75) is 6.54 Å². The van der Waals surface area contributed by atoms with E-state index in [2.05, 4.69) is 15.3 Å². The van der Waals surface area contributed by atoms with Gasteiger partial charge in [0, 0.05) is 25.9 Å². The molecule has 0 saturated carbocycles. The van der Waals surface area contributed by atoms with Crippen LogP contribution in [0.5, 0.6) is 0 Å². The molecule has 2 aromatic heterocycles. The second-order valence-electron chi connectivity index (χ2n) is 5.69. The number of nitrogen functional groups attached to an aromatic ring is 1. The molecule has 3 N–H and O–H groups in total. The van der Waals surface area contributed by atoms with Gasteiger partial charge in [-0.2, -0.15) is 0 Å². The molecule has 0 aliphatic rings. The van der Waals surface area contributed by atoms with E-state index in [1.807, 2.05) is 12.1 Å². The minimum absolute atomic E-state index is 0.130. The number of rotatable bonds is 3. The molecule has 0 fully saturated rings. The van der Waals surface area contributed by atoms with Crippen molar-refractivity contribution >= 4 is 28.9 Å². The Balaban J connectivity index is 1.88. The van der Waals surface area contributed by atoms with E-state index in [1.54, 1.807) is 38.4 Å². The molecule has 0 spiro atoms. The molecule has 2 amide bonds. The number of carbonyl (C=O) groups excluding carboxylic acids is 2. The van der Waals surface area contributed by atoms with Gasteiger partial charge < -0.3 is 16.0 Å². The maximum atomic E-state index is 12.9. The first-order chi connectivity index (χ1) is 12.0. The zero-order valence-corrected chi connectivity index (χ0v) is 13.9. The highest BCUT2D eigenvalue weighted by molar-refractivity contribution is 6.03. The number of urea groups is 1. The Labute approximate surface area is 144 Å². The number of hydrogen-bond donors (Lipinski definition) is 2. The second kappa shape index (κ2) is 6.60. The number of nitrogens with one attached hydrogen (secondary N) is 1. The maximum Gasteiger partial charge on any atom is 0.317 e. The summed E-state index contributed by atoms with van der Waals surface area (Å²) in [7, 11) is 3.30. The highest BCUT2D eigenvalue weighted by atomic mass is 16.2. The number of hydrogen-bond acceptors (Lipinski definition) is 5. The molecule has 128 valence electrons. The van der Waals surface area contributed by atoms with Gasteiger partial charge in [0.2, 0.25) is 5.95 Å². The Morgan fingerprint density at radius 3 is 2.76 bits per heavy atom. The van der Waals surface area contributed by atoms with Gasteiger partial charge in [0.05, 0.1) is 23.3 Å². The Morgan fingerprint density at radius 2 is 2.00 bits per heavy atom. The summed E-state index contributed by atoms with van der Waals surface area (Å²) in [4.78, 5) is 34.3. The predicted octanol–water partition coefficient (Wildman–Crippen LogP) is 1.47. The van der Waals surface area contributed by atoms with E-state index in [1.165, 1.54) is 15.7 Å². The summed E-state index contributed by atoms with van der Waals surface area (Å²) < 4.78 is 1.37. The van der Waals surface area contributed by atoms with E-state index < -0.39 is 0 Å². The molecular formula is C17H18N6O2. The minimum atomic E-state index is -0.297. The molecule has 25 heavy (non-hydrogen) atoms. The Morgan fingerprint density at radius 1 is 1.24 bits per heavy atom. The Hall–Kier alpha value is -3.42. The van der Waals surface area contributed by atoms with Gasteiger partial charge >= 0.3 is 6.03 Å². The van der Waals surface area contributed by atoms with Crippen LogP contribution in [0, 0.1) is 0 Å². The van der Waals surface area contributed by atoms with E-state index >= 15 is 0 Å². The molecule has 0 unspecified atom stereocenters. The second-order valence-corrected chi connectivity index (χ2v) is 5.69. The first kappa shape index (κ1) is 16.4. The van der Waals surface area contributed by atoms with Crippen molar-refractivity contribution in [3.05, 3.63) is 53.9 Å². The lowest BCUT2D eigenvalue weighted by molar-refractivity contribution is 0.0966. The van der Waals surface area contributed by atoms with E-state index in [-0.39, 0.29) is 24.4 Å². The summed E-state index contributed by atoms with van der Waals surface area (Å²) in [5.74, 6) is -0.167. The molecule has 0 atom stereocenters. The fourth-order valence-electron chi connectivity index (χ4n) is 2.42. The number of pyridine rings is 1. The van der Waals surface area contributed by atoms with Gasteiger partial charge in [-0.15, -0.1) is 0 Å². The van der Waals surface area contributed by atoms with Crippen LogP contribution in [0.1, 0.15) is 16.1 Å². The Kier molecular flexibility index (Phi) is 4.34. The molecule has 2 heterocycles. The summed E-state index contributed by atoms with van der Waals surface area (Å²) in [6.45, 7) is 0.221. The number of aromatic nitrogens is 3. The van der Waals surface area contributed by atoms with Crippen LogP contribution in [0.15, 0.2) is 42.6 Å². The van der Waals surface area contributed by atoms with Crippen LogP contribution >= 0.6 is 0 Å². The molecule has 0 bridgehead atoms. The van der Waals surface area contributed by atoms with Crippen LogP contribution in [0.4, 0.5) is 10.7 Å². The summed E-state index contributed by atoms with van der Waals surface area (Å²) >= 11 is 0. The lowest BCUT2D eigenvalue weighted by Gasteiger charge is -2.12. The van der Waals surface area contributed by atoms with Crippen LogP contribution in [0.25, 0.3) is 11.0 Å². The van der Waals surface area contributed by atoms with Crippen LogP contribution in [0.3, 0.4) is 0 Å². The van der Waals surface area contributed by atoms with Gasteiger partial charge in [-0.25, -0.2) is 14.3 Å². The summed E-state index contributed by atoms with van der Waals surface area (Å²) in [6, 6.07) is 10.2. The highest BCUT2D eigenvalue weighted by Gasteiger charge is 2.17. The van der Waals surface area contributed by atoms with Crippen LogP contribution in [-0.4, -0.2) is 45.5 Å². The molecule has 1 aromatic carbocycles. The lowest BCUT2D eigenvalue weighted by Crippen LogP contribution is -2.34. The monoisotopic (exact) mass is 338 g/mol. The zero-order valence-electron chi connectivity index (χ0n) is 13.9. The smallest absolute Gasteiger partial charge is 0.317 e. The van der Waals surface area contributed by atoms with Crippen LogP contribution in [0.2, 0.25) is 0 Å². The fourth-order valence-corrected chi connectivity index (χ4v) is 2.42. The predicted molar refractivity (Wildman–Crippen MR) is 94.0 cm³/mol. The highest BCUT2D eigenvalue weighted by Crippen LogP contribution is 2.19. The van der Waals surface area contributed by atoms with Crippen LogP contribution < -0.4 is 11.1 Å². The number of carbonyl (C=O) groups is 2. The number of nitrogens with zero attached hydrogens (tertiary/aromatic N) is 4. The standard InChI is InChI=1S/C17H18N6O2/c1-22(2)17(25)20-10-12-9-11(7-8-19-12)15(24)23-14-6-4-3-5-13(14)21-16(23)18/h3-9H,10H2,1-2H3,(H2,18,21)(H,20,25). The van der Waals surface area contributed by atoms with Gasteiger partial charge in [-0.1, -0.05) is 12.1 Å². The average molecular weight is 338 g/mol.